The summed E-state index contributed by atoms with van der Waals surface area (Å²) in [5.41, 5.74) is 4.37. The molecule has 1 aromatic rings. The van der Waals surface area contributed by atoms with Crippen molar-refractivity contribution in [1.82, 2.24) is 5.32 Å². The van der Waals surface area contributed by atoms with Crippen molar-refractivity contribution >= 4 is 17.4 Å². The molecule has 1 heterocycles. The monoisotopic (exact) mass is 303 g/mol. The first-order valence-electron chi connectivity index (χ1n) is 7.65. The minimum absolute atomic E-state index is 0.159. The lowest BCUT2D eigenvalue weighted by molar-refractivity contribution is 0.153. The van der Waals surface area contributed by atoms with E-state index in [2.05, 4.69) is 22.8 Å². The number of aryl methyl sites for hydroxylation is 1. The smallest absolute Gasteiger partial charge is 0.319 e. The molecule has 0 unspecified atom stereocenters. The first kappa shape index (κ1) is 16.4. The first-order chi connectivity index (χ1) is 10.6. The Morgan fingerprint density at radius 1 is 1.36 bits per heavy atom. The van der Waals surface area contributed by atoms with Crippen LogP contribution >= 0.6 is 0 Å². The highest BCUT2D eigenvalue weighted by Gasteiger charge is 2.07. The van der Waals surface area contributed by atoms with Gasteiger partial charge in [0.25, 0.3) is 0 Å². The van der Waals surface area contributed by atoms with Crippen molar-refractivity contribution in [3.63, 3.8) is 0 Å². The average Bonchev–Trinajstić information content (AvgIpc) is 2.50. The Morgan fingerprint density at radius 2 is 2.18 bits per heavy atom. The van der Waals surface area contributed by atoms with E-state index in [0.29, 0.717) is 13.2 Å². The molecule has 0 atom stereocenters. The Labute approximate surface area is 132 Å². The second kappa shape index (κ2) is 7.84. The molecule has 0 aliphatic carbocycles. The van der Waals surface area contributed by atoms with Crippen LogP contribution in [0.5, 0.6) is 0 Å². The lowest BCUT2D eigenvalue weighted by Gasteiger charge is -2.16. The SMILES string of the molecule is Cc1cc(N(C)C)ccc1NC(=O)NCCC1=CCOCC1. The molecule has 120 valence electrons. The van der Waals surface area contributed by atoms with E-state index < -0.39 is 0 Å². The normalized spacial score (nSPS) is 14.2. The number of nitrogens with one attached hydrogen (secondary N) is 2. The summed E-state index contributed by atoms with van der Waals surface area (Å²) in [5.74, 6) is 0. The number of carbonyl (C=O) groups is 1. The number of carbonyl (C=O) groups excluding carboxylic acids is 1. The number of ether oxygens (including phenoxy) is 1. The van der Waals surface area contributed by atoms with Gasteiger partial charge >= 0.3 is 6.03 Å². The largest absolute Gasteiger partial charge is 0.378 e. The van der Waals surface area contributed by atoms with Gasteiger partial charge in [-0.2, -0.15) is 0 Å². The van der Waals surface area contributed by atoms with Gasteiger partial charge in [0.1, 0.15) is 0 Å². The maximum Gasteiger partial charge on any atom is 0.319 e. The fraction of sp³-hybridized carbons (Fsp3) is 0.471. The quantitative estimate of drug-likeness (QED) is 0.822. The van der Waals surface area contributed by atoms with E-state index in [0.717, 1.165) is 36.4 Å². The minimum atomic E-state index is -0.159. The van der Waals surface area contributed by atoms with Crippen LogP contribution in [-0.2, 0) is 4.74 Å². The average molecular weight is 303 g/mol. The molecule has 0 spiro atoms. The van der Waals surface area contributed by atoms with E-state index in [1.807, 2.05) is 38.1 Å². The van der Waals surface area contributed by atoms with Crippen LogP contribution in [0.1, 0.15) is 18.4 Å². The fourth-order valence-electron chi connectivity index (χ4n) is 2.36. The first-order valence-corrected chi connectivity index (χ1v) is 7.65. The number of hydrogen-bond donors (Lipinski definition) is 2. The van der Waals surface area contributed by atoms with Crippen molar-refractivity contribution in [1.29, 1.82) is 0 Å². The van der Waals surface area contributed by atoms with Crippen molar-refractivity contribution in [2.24, 2.45) is 0 Å². The molecule has 1 aliphatic rings. The highest BCUT2D eigenvalue weighted by molar-refractivity contribution is 5.90. The summed E-state index contributed by atoms with van der Waals surface area (Å²) in [6.45, 7) is 4.12. The van der Waals surface area contributed by atoms with E-state index in [9.17, 15) is 4.79 Å². The standard InChI is InChI=1S/C17H25N3O2/c1-13-12-15(20(2)3)4-5-16(13)19-17(21)18-9-6-14-7-10-22-11-8-14/h4-5,7,12H,6,8-11H2,1-3H3,(H2,18,19,21). The zero-order valence-electron chi connectivity index (χ0n) is 13.6. The molecule has 5 nitrogen and oxygen atoms in total. The zero-order chi connectivity index (χ0) is 15.9. The molecule has 0 saturated heterocycles. The molecule has 1 aliphatic heterocycles. The van der Waals surface area contributed by atoms with Crippen molar-refractivity contribution in [3.8, 4) is 0 Å². The molecular weight excluding hydrogens is 278 g/mol. The van der Waals surface area contributed by atoms with Gasteiger partial charge < -0.3 is 20.3 Å². The van der Waals surface area contributed by atoms with Crippen LogP contribution in [0.4, 0.5) is 16.2 Å². The predicted octanol–water partition coefficient (Wildman–Crippen LogP) is 2.92. The third kappa shape index (κ3) is 4.77. The van der Waals surface area contributed by atoms with Crippen molar-refractivity contribution < 1.29 is 9.53 Å². The van der Waals surface area contributed by atoms with Crippen molar-refractivity contribution in [2.75, 3.05) is 44.1 Å². The molecule has 2 N–H and O–H groups in total. The van der Waals surface area contributed by atoms with Gasteiger partial charge in [0.2, 0.25) is 0 Å². The predicted molar refractivity (Wildman–Crippen MR) is 90.7 cm³/mol. The van der Waals surface area contributed by atoms with E-state index in [-0.39, 0.29) is 6.03 Å². The van der Waals surface area contributed by atoms with E-state index in [1.54, 1.807) is 0 Å². The summed E-state index contributed by atoms with van der Waals surface area (Å²) in [5, 5.41) is 5.80. The Hall–Kier alpha value is -2.01. The molecule has 0 radical (unpaired) electrons. The molecule has 0 fully saturated rings. The van der Waals surface area contributed by atoms with Crippen molar-refractivity contribution in [3.05, 3.63) is 35.4 Å². The molecule has 0 bridgehead atoms. The van der Waals surface area contributed by atoms with E-state index in [1.165, 1.54) is 5.57 Å². The molecular formula is C17H25N3O2. The maximum atomic E-state index is 11.9. The van der Waals surface area contributed by atoms with Gasteiger partial charge in [0.05, 0.1) is 13.2 Å². The summed E-state index contributed by atoms with van der Waals surface area (Å²) >= 11 is 0. The van der Waals surface area contributed by atoms with Crippen LogP contribution in [0, 0.1) is 6.92 Å². The van der Waals surface area contributed by atoms with Crippen LogP contribution in [-0.4, -0.2) is 39.9 Å². The fourth-order valence-corrected chi connectivity index (χ4v) is 2.36. The molecule has 1 aromatic carbocycles. The van der Waals surface area contributed by atoms with Crippen molar-refractivity contribution in [2.45, 2.75) is 19.8 Å². The van der Waals surface area contributed by atoms with Gasteiger partial charge in [-0.25, -0.2) is 4.79 Å². The summed E-state index contributed by atoms with van der Waals surface area (Å²) in [4.78, 5) is 14.0. The van der Waals surface area contributed by atoms with Gasteiger partial charge in [-0.3, -0.25) is 0 Å². The van der Waals surface area contributed by atoms with Crippen LogP contribution in [0.3, 0.4) is 0 Å². The van der Waals surface area contributed by atoms with Crippen LogP contribution < -0.4 is 15.5 Å². The molecule has 2 rings (SSSR count). The zero-order valence-corrected chi connectivity index (χ0v) is 13.6. The summed E-state index contributed by atoms with van der Waals surface area (Å²) in [6.07, 6.45) is 3.96. The topological polar surface area (TPSA) is 53.6 Å². The van der Waals surface area contributed by atoms with Gasteiger partial charge in [-0.15, -0.1) is 0 Å². The van der Waals surface area contributed by atoms with Gasteiger partial charge in [-0.05, 0) is 43.5 Å². The molecule has 2 amide bonds. The third-order valence-electron chi connectivity index (χ3n) is 3.76. The number of urea groups is 1. The minimum Gasteiger partial charge on any atom is -0.378 e. The number of rotatable bonds is 5. The molecule has 22 heavy (non-hydrogen) atoms. The molecule has 5 heteroatoms. The van der Waals surface area contributed by atoms with E-state index >= 15 is 0 Å². The summed E-state index contributed by atoms with van der Waals surface area (Å²) in [6, 6.07) is 5.83. The lowest BCUT2D eigenvalue weighted by Crippen LogP contribution is -2.30. The van der Waals surface area contributed by atoms with Crippen LogP contribution in [0.15, 0.2) is 29.8 Å². The Kier molecular flexibility index (Phi) is 5.83. The number of amides is 2. The number of benzene rings is 1. The number of anilines is 2. The molecule has 0 aromatic heterocycles. The van der Waals surface area contributed by atoms with E-state index in [4.69, 9.17) is 4.74 Å². The second-order valence-corrected chi connectivity index (χ2v) is 5.71. The Morgan fingerprint density at radius 3 is 2.82 bits per heavy atom. The summed E-state index contributed by atoms with van der Waals surface area (Å²) in [7, 11) is 4.00. The summed E-state index contributed by atoms with van der Waals surface area (Å²) < 4.78 is 5.27. The second-order valence-electron chi connectivity index (χ2n) is 5.71. The lowest BCUT2D eigenvalue weighted by atomic mass is 10.1. The van der Waals surface area contributed by atoms with Crippen LogP contribution in [0.25, 0.3) is 0 Å². The number of hydrogen-bond acceptors (Lipinski definition) is 3. The van der Waals surface area contributed by atoms with Gasteiger partial charge in [0, 0.05) is 32.0 Å². The Balaban J connectivity index is 1.80. The highest BCUT2D eigenvalue weighted by atomic mass is 16.5. The van der Waals surface area contributed by atoms with Crippen LogP contribution in [0.2, 0.25) is 0 Å². The highest BCUT2D eigenvalue weighted by Crippen LogP contribution is 2.21. The van der Waals surface area contributed by atoms with Gasteiger partial charge in [0.15, 0.2) is 0 Å². The molecule has 0 saturated carbocycles. The number of nitrogens with zero attached hydrogens (tertiary/aromatic N) is 1. The maximum absolute atomic E-state index is 11.9. The van der Waals surface area contributed by atoms with Gasteiger partial charge in [-0.1, -0.05) is 11.6 Å². The third-order valence-corrected chi connectivity index (χ3v) is 3.76. The Bertz CT molecular complexity index is 553.